The van der Waals surface area contributed by atoms with Crippen LogP contribution in [0.3, 0.4) is 0 Å². The highest BCUT2D eigenvalue weighted by Crippen LogP contribution is 2.21. The predicted molar refractivity (Wildman–Crippen MR) is 91.8 cm³/mol. The molecule has 2 aromatic heterocycles. The number of carbonyl (C=O) groups is 1. The molecule has 0 saturated carbocycles. The van der Waals surface area contributed by atoms with Gasteiger partial charge in [0, 0.05) is 38.5 Å². The van der Waals surface area contributed by atoms with Gasteiger partial charge in [-0.3, -0.25) is 4.79 Å². The van der Waals surface area contributed by atoms with Gasteiger partial charge in [-0.05, 0) is 24.8 Å². The zero-order valence-corrected chi connectivity index (χ0v) is 14.7. The number of nitrogens with one attached hydrogen (secondary N) is 1. The van der Waals surface area contributed by atoms with Crippen LogP contribution in [0.4, 0.5) is 0 Å². The molecule has 3 rings (SSSR count). The molecule has 0 radical (unpaired) electrons. The van der Waals surface area contributed by atoms with E-state index in [0.29, 0.717) is 24.6 Å². The Hall–Kier alpha value is -1.44. The number of carbonyl (C=O) groups excluding carboxylic acids is 1. The molecule has 126 valence electrons. The van der Waals surface area contributed by atoms with Crippen LogP contribution in [-0.2, 0) is 11.2 Å². The number of amides is 1. The summed E-state index contributed by atoms with van der Waals surface area (Å²) in [5.74, 6) is 1.45. The summed E-state index contributed by atoms with van der Waals surface area (Å²) in [6.45, 7) is 4.63. The Morgan fingerprint density at radius 2 is 2.43 bits per heavy atom. The fraction of sp³-hybridized carbons (Fsp3) is 0.533. The van der Waals surface area contributed by atoms with E-state index in [2.05, 4.69) is 22.4 Å². The summed E-state index contributed by atoms with van der Waals surface area (Å²) < 4.78 is 5.25. The average molecular weight is 357 g/mol. The van der Waals surface area contributed by atoms with Crippen molar-refractivity contribution in [3.63, 3.8) is 0 Å². The quantitative estimate of drug-likeness (QED) is 0.890. The van der Waals surface area contributed by atoms with Crippen molar-refractivity contribution in [2.24, 2.45) is 0 Å². The molecule has 1 N–H and O–H groups in total. The molecule has 6 nitrogen and oxygen atoms in total. The van der Waals surface area contributed by atoms with Crippen molar-refractivity contribution in [1.29, 1.82) is 0 Å². The highest BCUT2D eigenvalue weighted by atomic mass is 35.5. The van der Waals surface area contributed by atoms with E-state index in [1.54, 1.807) is 11.3 Å². The number of hydrogen-bond acceptors (Lipinski definition) is 6. The van der Waals surface area contributed by atoms with E-state index in [9.17, 15) is 4.79 Å². The second-order valence-electron chi connectivity index (χ2n) is 5.48. The van der Waals surface area contributed by atoms with Crippen LogP contribution < -0.4 is 5.32 Å². The third-order valence-corrected chi connectivity index (χ3v) is 4.68. The molecule has 1 saturated heterocycles. The summed E-state index contributed by atoms with van der Waals surface area (Å²) in [5.41, 5.74) is 0. The van der Waals surface area contributed by atoms with Crippen LogP contribution in [0.15, 0.2) is 22.0 Å². The average Bonchev–Trinajstić information content (AvgIpc) is 3.18. The minimum atomic E-state index is 0. The molecular weight excluding hydrogens is 336 g/mol. The topological polar surface area (TPSA) is 71.3 Å². The normalized spacial score (nSPS) is 17.8. The van der Waals surface area contributed by atoms with Crippen LogP contribution >= 0.6 is 23.7 Å². The molecule has 0 bridgehead atoms. The van der Waals surface area contributed by atoms with Gasteiger partial charge in [0.1, 0.15) is 0 Å². The molecule has 3 heterocycles. The number of hydrogen-bond donors (Lipinski definition) is 1. The largest absolute Gasteiger partial charge is 0.339 e. The van der Waals surface area contributed by atoms with Crippen molar-refractivity contribution in [1.82, 2.24) is 20.4 Å². The van der Waals surface area contributed by atoms with E-state index in [0.717, 1.165) is 30.9 Å². The molecule has 23 heavy (non-hydrogen) atoms. The summed E-state index contributed by atoms with van der Waals surface area (Å²) in [6.07, 6.45) is 1.91. The Labute approximate surface area is 145 Å². The minimum Gasteiger partial charge on any atom is -0.339 e. The Balaban J connectivity index is 0.00000192. The van der Waals surface area contributed by atoms with Crippen molar-refractivity contribution in [2.45, 2.75) is 32.2 Å². The van der Waals surface area contributed by atoms with E-state index in [4.69, 9.17) is 4.52 Å². The minimum absolute atomic E-state index is 0. The highest BCUT2D eigenvalue weighted by molar-refractivity contribution is 7.13. The first kappa shape index (κ1) is 17.9. The van der Waals surface area contributed by atoms with E-state index in [1.165, 1.54) is 0 Å². The number of piperazine rings is 1. The number of rotatable bonds is 5. The number of aromatic nitrogens is 2. The van der Waals surface area contributed by atoms with Crippen molar-refractivity contribution < 1.29 is 9.32 Å². The molecule has 1 atom stereocenters. The van der Waals surface area contributed by atoms with Crippen molar-refractivity contribution >= 4 is 29.7 Å². The SMILES string of the molecule is CC1CNCCN1C(=O)CCCc1nc(-c2cccs2)no1.Cl. The van der Waals surface area contributed by atoms with Crippen LogP contribution in [-0.4, -0.2) is 46.6 Å². The first-order valence-electron chi connectivity index (χ1n) is 7.60. The Morgan fingerprint density at radius 1 is 1.57 bits per heavy atom. The van der Waals surface area contributed by atoms with Crippen LogP contribution in [0.25, 0.3) is 10.7 Å². The zero-order valence-electron chi connectivity index (χ0n) is 13.0. The summed E-state index contributed by atoms with van der Waals surface area (Å²) >= 11 is 1.59. The van der Waals surface area contributed by atoms with Gasteiger partial charge in [-0.2, -0.15) is 4.98 Å². The first-order valence-corrected chi connectivity index (χ1v) is 8.48. The second-order valence-corrected chi connectivity index (χ2v) is 6.43. The van der Waals surface area contributed by atoms with Gasteiger partial charge >= 0.3 is 0 Å². The Kier molecular flexibility index (Phi) is 6.56. The van der Waals surface area contributed by atoms with Gasteiger partial charge < -0.3 is 14.7 Å². The van der Waals surface area contributed by atoms with E-state index in [1.807, 2.05) is 22.4 Å². The van der Waals surface area contributed by atoms with Gasteiger partial charge in [-0.25, -0.2) is 0 Å². The molecule has 1 aliphatic heterocycles. The fourth-order valence-corrected chi connectivity index (χ4v) is 3.26. The molecule has 1 unspecified atom stereocenters. The van der Waals surface area contributed by atoms with Gasteiger partial charge in [0.05, 0.1) is 4.88 Å². The lowest BCUT2D eigenvalue weighted by Crippen LogP contribution is -2.52. The highest BCUT2D eigenvalue weighted by Gasteiger charge is 2.22. The molecule has 0 spiro atoms. The smallest absolute Gasteiger partial charge is 0.226 e. The lowest BCUT2D eigenvalue weighted by atomic mass is 10.1. The van der Waals surface area contributed by atoms with Gasteiger partial charge in [-0.1, -0.05) is 11.2 Å². The lowest BCUT2D eigenvalue weighted by Gasteiger charge is -2.34. The van der Waals surface area contributed by atoms with E-state index < -0.39 is 0 Å². The number of aryl methyl sites for hydroxylation is 1. The van der Waals surface area contributed by atoms with Gasteiger partial charge in [0.2, 0.25) is 17.6 Å². The molecule has 1 fully saturated rings. The summed E-state index contributed by atoms with van der Waals surface area (Å²) in [7, 11) is 0. The van der Waals surface area contributed by atoms with E-state index >= 15 is 0 Å². The number of halogens is 1. The second kappa shape index (κ2) is 8.42. The van der Waals surface area contributed by atoms with Crippen molar-refractivity contribution in [3.05, 3.63) is 23.4 Å². The third-order valence-electron chi connectivity index (χ3n) is 3.81. The molecule has 0 aromatic carbocycles. The molecule has 8 heteroatoms. The van der Waals surface area contributed by atoms with Gasteiger partial charge in [-0.15, -0.1) is 23.7 Å². The van der Waals surface area contributed by atoms with Crippen LogP contribution in [0.2, 0.25) is 0 Å². The van der Waals surface area contributed by atoms with Crippen molar-refractivity contribution in [3.8, 4) is 10.7 Å². The number of thiophene rings is 1. The Bertz CT molecular complexity index is 617. The molecule has 0 aliphatic carbocycles. The zero-order chi connectivity index (χ0) is 15.4. The third kappa shape index (κ3) is 4.53. The Morgan fingerprint density at radius 3 is 3.17 bits per heavy atom. The summed E-state index contributed by atoms with van der Waals surface area (Å²) in [4.78, 5) is 19.6. The van der Waals surface area contributed by atoms with Gasteiger partial charge in [0.15, 0.2) is 0 Å². The summed E-state index contributed by atoms with van der Waals surface area (Å²) in [6, 6.07) is 4.20. The van der Waals surface area contributed by atoms with Crippen LogP contribution in [0.1, 0.15) is 25.7 Å². The standard InChI is InChI=1S/C15H20N4O2S.ClH/c1-11-10-16-7-8-19(11)14(20)6-2-5-13-17-15(18-21-13)12-4-3-9-22-12;/h3-4,9,11,16H,2,5-8,10H2,1H3;1H. The van der Waals surface area contributed by atoms with Gasteiger partial charge in [0.25, 0.3) is 0 Å². The van der Waals surface area contributed by atoms with Crippen molar-refractivity contribution in [2.75, 3.05) is 19.6 Å². The molecular formula is C15H21ClN4O2S. The van der Waals surface area contributed by atoms with Crippen LogP contribution in [0, 0.1) is 0 Å². The molecule has 1 aliphatic rings. The van der Waals surface area contributed by atoms with E-state index in [-0.39, 0.29) is 24.4 Å². The first-order chi connectivity index (χ1) is 10.7. The fourth-order valence-electron chi connectivity index (χ4n) is 2.61. The van der Waals surface area contributed by atoms with Crippen LogP contribution in [0.5, 0.6) is 0 Å². The monoisotopic (exact) mass is 356 g/mol. The maximum absolute atomic E-state index is 12.2. The maximum Gasteiger partial charge on any atom is 0.226 e. The molecule has 1 amide bonds. The molecule has 2 aromatic rings. The lowest BCUT2D eigenvalue weighted by molar-refractivity contribution is -0.134. The predicted octanol–water partition coefficient (Wildman–Crippen LogP) is 2.36. The number of nitrogens with zero attached hydrogens (tertiary/aromatic N) is 3. The maximum atomic E-state index is 12.2. The summed E-state index contributed by atoms with van der Waals surface area (Å²) in [5, 5.41) is 9.26.